The average molecular weight is 316 g/mol. The Morgan fingerprint density at radius 3 is 2.20 bits per heavy atom. The molecule has 20 heavy (non-hydrogen) atoms. The lowest BCUT2D eigenvalue weighted by Gasteiger charge is -2.26. The first kappa shape index (κ1) is 17.8. The first-order chi connectivity index (χ1) is 9.68. The minimum Gasteiger partial charge on any atom is -0.308 e. The highest BCUT2D eigenvalue weighted by Crippen LogP contribution is 2.65. The van der Waals surface area contributed by atoms with E-state index in [0.29, 0.717) is 13.2 Å². The molecule has 0 amide bonds. The van der Waals surface area contributed by atoms with Gasteiger partial charge in [-0.15, -0.1) is 11.8 Å². The molecule has 1 unspecified atom stereocenters. The van der Waals surface area contributed by atoms with E-state index in [-0.39, 0.29) is 4.99 Å². The Hall–Kier alpha value is -0.280. The van der Waals surface area contributed by atoms with Gasteiger partial charge in [0.15, 0.2) is 0 Å². The maximum absolute atomic E-state index is 13.0. The van der Waals surface area contributed by atoms with Gasteiger partial charge >= 0.3 is 7.60 Å². The maximum Gasteiger partial charge on any atom is 0.347 e. The molecule has 0 saturated heterocycles. The zero-order valence-corrected chi connectivity index (χ0v) is 14.3. The topological polar surface area (TPSA) is 35.5 Å². The van der Waals surface area contributed by atoms with Crippen molar-refractivity contribution in [1.29, 1.82) is 0 Å². The molecule has 1 atom stereocenters. The number of hydrogen-bond donors (Lipinski definition) is 0. The molecule has 0 radical (unpaired) electrons. The molecule has 0 bridgehead atoms. The Bertz CT molecular complexity index is 401. The highest BCUT2D eigenvalue weighted by Gasteiger charge is 2.36. The van der Waals surface area contributed by atoms with Crippen molar-refractivity contribution in [2.75, 3.05) is 19.0 Å². The van der Waals surface area contributed by atoms with Gasteiger partial charge in [-0.05, 0) is 31.6 Å². The van der Waals surface area contributed by atoms with Gasteiger partial charge in [-0.25, -0.2) is 0 Å². The van der Waals surface area contributed by atoms with Crippen molar-refractivity contribution in [3.8, 4) is 0 Å². The quantitative estimate of drug-likeness (QED) is 0.422. The average Bonchev–Trinajstić information content (AvgIpc) is 2.45. The molecule has 5 heteroatoms. The second kappa shape index (κ2) is 9.62. The van der Waals surface area contributed by atoms with Crippen molar-refractivity contribution in [2.24, 2.45) is 0 Å². The van der Waals surface area contributed by atoms with Crippen LogP contribution in [0.3, 0.4) is 0 Å². The Morgan fingerprint density at radius 1 is 1.10 bits per heavy atom. The van der Waals surface area contributed by atoms with Crippen LogP contribution in [0.5, 0.6) is 0 Å². The molecule has 1 rings (SSSR count). The highest BCUT2D eigenvalue weighted by atomic mass is 32.2. The van der Waals surface area contributed by atoms with Gasteiger partial charge in [-0.1, -0.05) is 43.7 Å². The molecule has 0 fully saturated rings. The van der Waals surface area contributed by atoms with E-state index >= 15 is 0 Å². The lowest BCUT2D eigenvalue weighted by molar-refractivity contribution is 0.218. The molecule has 0 aliphatic rings. The Kier molecular flexibility index (Phi) is 8.55. The van der Waals surface area contributed by atoms with Gasteiger partial charge in [0.25, 0.3) is 0 Å². The maximum atomic E-state index is 13.0. The lowest BCUT2D eigenvalue weighted by atomic mass is 10.2. The van der Waals surface area contributed by atoms with Crippen molar-refractivity contribution in [3.05, 3.63) is 35.9 Å². The predicted octanol–water partition coefficient (Wildman–Crippen LogP) is 5.48. The molecule has 0 N–H and O–H groups in total. The van der Waals surface area contributed by atoms with Gasteiger partial charge < -0.3 is 9.05 Å². The molecular formula is C15H25O3PS. The van der Waals surface area contributed by atoms with Crippen LogP contribution in [0.1, 0.15) is 44.2 Å². The van der Waals surface area contributed by atoms with Gasteiger partial charge in [0, 0.05) is 0 Å². The summed E-state index contributed by atoms with van der Waals surface area (Å²) in [5.74, 6) is 0.959. The highest BCUT2D eigenvalue weighted by molar-refractivity contribution is 8.04. The van der Waals surface area contributed by atoms with Crippen LogP contribution < -0.4 is 0 Å². The van der Waals surface area contributed by atoms with Gasteiger partial charge in [0.2, 0.25) is 0 Å². The summed E-state index contributed by atoms with van der Waals surface area (Å²) in [6.45, 7) is 6.65. The van der Waals surface area contributed by atoms with Crippen LogP contribution in [-0.4, -0.2) is 19.0 Å². The molecule has 114 valence electrons. The number of thioether (sulfide) groups is 1. The molecule has 0 aromatic heterocycles. The van der Waals surface area contributed by atoms with Gasteiger partial charge in [0.05, 0.1) is 13.2 Å². The number of benzene rings is 1. The van der Waals surface area contributed by atoms with Crippen LogP contribution >= 0.6 is 19.4 Å². The SMILES string of the molecule is CCCCSC(c1ccccc1)P(=O)(OCC)OCC. The first-order valence-electron chi connectivity index (χ1n) is 7.23. The smallest absolute Gasteiger partial charge is 0.308 e. The minimum absolute atomic E-state index is 0.241. The minimum atomic E-state index is -3.13. The molecule has 1 aromatic carbocycles. The summed E-state index contributed by atoms with van der Waals surface area (Å²) < 4.78 is 24.1. The van der Waals surface area contributed by atoms with Gasteiger partial charge in [0.1, 0.15) is 4.99 Å². The summed E-state index contributed by atoms with van der Waals surface area (Å²) >= 11 is 1.67. The largest absolute Gasteiger partial charge is 0.347 e. The molecular weight excluding hydrogens is 291 g/mol. The van der Waals surface area contributed by atoms with Crippen LogP contribution in [-0.2, 0) is 13.6 Å². The van der Waals surface area contributed by atoms with E-state index in [0.717, 1.165) is 24.2 Å². The summed E-state index contributed by atoms with van der Waals surface area (Å²) in [4.78, 5) is -0.241. The molecule has 0 heterocycles. The fourth-order valence-electron chi connectivity index (χ4n) is 1.86. The van der Waals surface area contributed by atoms with E-state index in [1.54, 1.807) is 11.8 Å². The Morgan fingerprint density at radius 2 is 1.70 bits per heavy atom. The lowest BCUT2D eigenvalue weighted by Crippen LogP contribution is -2.05. The zero-order chi connectivity index (χ0) is 14.8. The normalized spacial score (nSPS) is 13.3. The molecule has 0 spiro atoms. The number of hydrogen-bond acceptors (Lipinski definition) is 4. The summed E-state index contributed by atoms with van der Waals surface area (Å²) in [6, 6.07) is 9.88. The van der Waals surface area contributed by atoms with E-state index < -0.39 is 7.60 Å². The van der Waals surface area contributed by atoms with Crippen LogP contribution in [0.25, 0.3) is 0 Å². The third-order valence-corrected chi connectivity index (χ3v) is 7.21. The van der Waals surface area contributed by atoms with E-state index in [1.807, 2.05) is 44.2 Å². The van der Waals surface area contributed by atoms with E-state index in [1.165, 1.54) is 0 Å². The third kappa shape index (κ3) is 5.25. The molecule has 0 aliphatic heterocycles. The van der Waals surface area contributed by atoms with Crippen LogP contribution in [0.2, 0.25) is 0 Å². The van der Waals surface area contributed by atoms with E-state index in [2.05, 4.69) is 6.92 Å². The predicted molar refractivity (Wildman–Crippen MR) is 87.4 cm³/mol. The van der Waals surface area contributed by atoms with Crippen molar-refractivity contribution < 1.29 is 13.6 Å². The second-order valence-corrected chi connectivity index (χ2v) is 8.04. The van der Waals surface area contributed by atoms with Crippen LogP contribution in [0, 0.1) is 0 Å². The number of unbranched alkanes of at least 4 members (excludes halogenated alkanes) is 1. The monoisotopic (exact) mass is 316 g/mol. The molecule has 1 aromatic rings. The van der Waals surface area contributed by atoms with Crippen molar-refractivity contribution >= 4 is 19.4 Å². The summed E-state index contributed by atoms with van der Waals surface area (Å²) in [7, 11) is -3.13. The van der Waals surface area contributed by atoms with Crippen LogP contribution in [0.4, 0.5) is 0 Å². The molecule has 0 saturated carbocycles. The van der Waals surface area contributed by atoms with E-state index in [9.17, 15) is 4.57 Å². The summed E-state index contributed by atoms with van der Waals surface area (Å²) in [6.07, 6.45) is 2.23. The molecule has 3 nitrogen and oxygen atoms in total. The fourth-order valence-corrected chi connectivity index (χ4v) is 5.90. The first-order valence-corrected chi connectivity index (χ1v) is 9.89. The molecule has 0 aliphatic carbocycles. The third-order valence-electron chi connectivity index (χ3n) is 2.76. The Balaban J connectivity index is 2.98. The zero-order valence-electron chi connectivity index (χ0n) is 12.6. The van der Waals surface area contributed by atoms with Crippen molar-refractivity contribution in [3.63, 3.8) is 0 Å². The van der Waals surface area contributed by atoms with Gasteiger partial charge in [-0.3, -0.25) is 4.57 Å². The van der Waals surface area contributed by atoms with Crippen LogP contribution in [0.15, 0.2) is 30.3 Å². The fraction of sp³-hybridized carbons (Fsp3) is 0.600. The Labute approximate surface area is 127 Å². The van der Waals surface area contributed by atoms with Gasteiger partial charge in [-0.2, -0.15) is 0 Å². The van der Waals surface area contributed by atoms with Crippen molar-refractivity contribution in [2.45, 2.75) is 38.6 Å². The second-order valence-electron chi connectivity index (χ2n) is 4.36. The van der Waals surface area contributed by atoms with Crippen molar-refractivity contribution in [1.82, 2.24) is 0 Å². The standard InChI is InChI=1S/C15H25O3PS/c1-4-7-13-20-15(14-11-9-8-10-12-14)19(16,17-5-2)18-6-3/h8-12,15H,4-7,13H2,1-3H3. The summed E-state index contributed by atoms with van der Waals surface area (Å²) in [5, 5.41) is 0. The van der Waals surface area contributed by atoms with E-state index in [4.69, 9.17) is 9.05 Å². The number of rotatable bonds is 10. The summed E-state index contributed by atoms with van der Waals surface area (Å²) in [5.41, 5.74) is 1.01.